The topological polar surface area (TPSA) is 96.0 Å². The van der Waals surface area contributed by atoms with E-state index in [-0.39, 0.29) is 23.4 Å². The highest BCUT2D eigenvalue weighted by Gasteiger charge is 2.34. The average molecular weight is 566 g/mol. The third kappa shape index (κ3) is 7.63. The van der Waals surface area contributed by atoms with E-state index >= 15 is 0 Å². The van der Waals surface area contributed by atoms with E-state index in [1.165, 1.54) is 24.1 Å². The summed E-state index contributed by atoms with van der Waals surface area (Å²) in [6.07, 6.45) is 1.11. The lowest BCUT2D eigenvalue weighted by Gasteiger charge is -2.33. The maximum atomic E-state index is 14.1. The molecule has 0 spiro atoms. The maximum absolute atomic E-state index is 14.1. The standard InChI is InChI=1S/C31H39N3O5S/c1-6-24(4)32-31(36)29(7-2)33(21-25-13-11-12-23(3)20-25)30(35)22-34(26-16-18-27(39-5)19-17-26)40(37,38)28-14-9-8-10-15-28/h8-20,24,29H,6-7,21-22H2,1-5H3,(H,32,36)/t24-,29-/m0/s1. The molecule has 2 amide bonds. The van der Waals surface area contributed by atoms with Crippen LogP contribution in [-0.4, -0.2) is 50.9 Å². The van der Waals surface area contributed by atoms with E-state index in [4.69, 9.17) is 4.74 Å². The Morgan fingerprint density at radius 1 is 0.925 bits per heavy atom. The summed E-state index contributed by atoms with van der Waals surface area (Å²) in [6.45, 7) is 7.37. The van der Waals surface area contributed by atoms with Gasteiger partial charge in [0.2, 0.25) is 11.8 Å². The van der Waals surface area contributed by atoms with Crippen molar-refractivity contribution < 1.29 is 22.7 Å². The predicted octanol–water partition coefficient (Wildman–Crippen LogP) is 4.92. The number of benzene rings is 3. The highest BCUT2D eigenvalue weighted by atomic mass is 32.2. The van der Waals surface area contributed by atoms with E-state index in [1.807, 2.05) is 52.0 Å². The van der Waals surface area contributed by atoms with Gasteiger partial charge >= 0.3 is 0 Å². The van der Waals surface area contributed by atoms with Crippen LogP contribution >= 0.6 is 0 Å². The number of rotatable bonds is 13. The summed E-state index contributed by atoms with van der Waals surface area (Å²) in [5, 5.41) is 2.99. The summed E-state index contributed by atoms with van der Waals surface area (Å²) in [4.78, 5) is 29.0. The number of amides is 2. The van der Waals surface area contributed by atoms with Crippen molar-refractivity contribution in [1.29, 1.82) is 0 Å². The van der Waals surface area contributed by atoms with Crippen LogP contribution in [0.3, 0.4) is 0 Å². The number of methoxy groups -OCH3 is 1. The highest BCUT2D eigenvalue weighted by molar-refractivity contribution is 7.92. The predicted molar refractivity (Wildman–Crippen MR) is 158 cm³/mol. The molecular formula is C31H39N3O5S. The van der Waals surface area contributed by atoms with Crippen LogP contribution in [0.15, 0.2) is 83.8 Å². The van der Waals surface area contributed by atoms with Crippen LogP contribution in [0, 0.1) is 6.92 Å². The minimum Gasteiger partial charge on any atom is -0.497 e. The van der Waals surface area contributed by atoms with Crippen molar-refractivity contribution in [2.24, 2.45) is 0 Å². The van der Waals surface area contributed by atoms with Gasteiger partial charge < -0.3 is 15.0 Å². The molecule has 0 radical (unpaired) electrons. The summed E-state index contributed by atoms with van der Waals surface area (Å²) < 4.78 is 34.0. The number of sulfonamides is 1. The Hall–Kier alpha value is -3.85. The first-order valence-corrected chi connectivity index (χ1v) is 14.9. The molecule has 0 aliphatic heterocycles. The summed E-state index contributed by atoms with van der Waals surface area (Å²) in [6, 6.07) is 21.4. The van der Waals surface area contributed by atoms with Gasteiger partial charge in [-0.05, 0) is 68.7 Å². The molecule has 0 aromatic heterocycles. The summed E-state index contributed by atoms with van der Waals surface area (Å²) in [7, 11) is -2.59. The fourth-order valence-electron chi connectivity index (χ4n) is 4.36. The Balaban J connectivity index is 2.05. The number of hydrogen-bond donors (Lipinski definition) is 1. The third-order valence-electron chi connectivity index (χ3n) is 6.79. The van der Waals surface area contributed by atoms with E-state index in [9.17, 15) is 18.0 Å². The van der Waals surface area contributed by atoms with Crippen LogP contribution in [0.25, 0.3) is 0 Å². The van der Waals surface area contributed by atoms with Crippen molar-refractivity contribution in [3.05, 3.63) is 90.0 Å². The van der Waals surface area contributed by atoms with Gasteiger partial charge in [-0.1, -0.05) is 61.9 Å². The van der Waals surface area contributed by atoms with Gasteiger partial charge in [0.1, 0.15) is 18.3 Å². The van der Waals surface area contributed by atoms with Gasteiger partial charge in [0.15, 0.2) is 0 Å². The lowest BCUT2D eigenvalue weighted by molar-refractivity contribution is -0.140. The molecule has 0 aliphatic carbocycles. The molecule has 9 heteroatoms. The molecule has 0 saturated carbocycles. The number of ether oxygens (including phenoxy) is 1. The van der Waals surface area contributed by atoms with Gasteiger partial charge in [-0.3, -0.25) is 13.9 Å². The molecule has 0 saturated heterocycles. The Labute approximate surface area is 238 Å². The largest absolute Gasteiger partial charge is 0.497 e. The van der Waals surface area contributed by atoms with Crippen molar-refractivity contribution in [2.45, 2.75) is 64.1 Å². The molecule has 2 atom stereocenters. The lowest BCUT2D eigenvalue weighted by Crippen LogP contribution is -2.53. The number of hydrogen-bond acceptors (Lipinski definition) is 5. The molecule has 8 nitrogen and oxygen atoms in total. The molecule has 0 heterocycles. The molecule has 3 aromatic rings. The number of carbonyl (C=O) groups is 2. The van der Waals surface area contributed by atoms with Crippen LogP contribution < -0.4 is 14.4 Å². The second-order valence-corrected chi connectivity index (χ2v) is 11.6. The number of aryl methyl sites for hydroxylation is 1. The normalized spacial score (nSPS) is 12.7. The first-order chi connectivity index (χ1) is 19.1. The molecule has 1 N–H and O–H groups in total. The second kappa shape index (κ2) is 14.0. The van der Waals surface area contributed by atoms with Crippen LogP contribution in [0.5, 0.6) is 5.75 Å². The van der Waals surface area contributed by atoms with E-state index in [0.717, 1.165) is 21.9 Å². The number of nitrogens with zero attached hydrogens (tertiary/aromatic N) is 2. The Morgan fingerprint density at radius 2 is 1.60 bits per heavy atom. The highest BCUT2D eigenvalue weighted by Crippen LogP contribution is 2.26. The minimum atomic E-state index is -4.11. The molecule has 0 aliphatic rings. The van der Waals surface area contributed by atoms with Gasteiger partial charge in [-0.15, -0.1) is 0 Å². The molecule has 40 heavy (non-hydrogen) atoms. The van der Waals surface area contributed by atoms with Gasteiger partial charge in [0.05, 0.1) is 17.7 Å². The molecule has 3 rings (SSSR count). The van der Waals surface area contributed by atoms with E-state index in [1.54, 1.807) is 42.5 Å². The summed E-state index contributed by atoms with van der Waals surface area (Å²) in [5.74, 6) is -0.191. The fraction of sp³-hybridized carbons (Fsp3) is 0.355. The van der Waals surface area contributed by atoms with Crippen molar-refractivity contribution in [3.8, 4) is 5.75 Å². The molecule has 214 valence electrons. The Bertz CT molecular complexity index is 1380. The SMILES string of the molecule is CC[C@H](C)NC(=O)[C@H](CC)N(Cc1cccc(C)c1)C(=O)CN(c1ccc(OC)cc1)S(=O)(=O)c1ccccc1. The van der Waals surface area contributed by atoms with Crippen LogP contribution in [0.4, 0.5) is 5.69 Å². The molecule has 3 aromatic carbocycles. The average Bonchev–Trinajstić information content (AvgIpc) is 2.96. The lowest BCUT2D eigenvalue weighted by atomic mass is 10.1. The van der Waals surface area contributed by atoms with Crippen molar-refractivity contribution in [3.63, 3.8) is 0 Å². The van der Waals surface area contributed by atoms with Crippen molar-refractivity contribution >= 4 is 27.5 Å². The number of carbonyl (C=O) groups excluding carboxylic acids is 2. The van der Waals surface area contributed by atoms with Crippen LogP contribution in [0.1, 0.15) is 44.7 Å². The van der Waals surface area contributed by atoms with Crippen LogP contribution in [0.2, 0.25) is 0 Å². The fourth-order valence-corrected chi connectivity index (χ4v) is 5.80. The second-order valence-electron chi connectivity index (χ2n) is 9.78. The molecule has 0 fully saturated rings. The Kier molecular flexibility index (Phi) is 10.7. The van der Waals surface area contributed by atoms with Gasteiger partial charge in [-0.25, -0.2) is 8.42 Å². The van der Waals surface area contributed by atoms with E-state index < -0.39 is 28.5 Å². The van der Waals surface area contributed by atoms with Crippen molar-refractivity contribution in [2.75, 3.05) is 18.0 Å². The molecular weight excluding hydrogens is 526 g/mol. The summed E-state index contributed by atoms with van der Waals surface area (Å²) >= 11 is 0. The Morgan fingerprint density at radius 3 is 2.17 bits per heavy atom. The zero-order valence-electron chi connectivity index (χ0n) is 23.8. The zero-order valence-corrected chi connectivity index (χ0v) is 24.6. The third-order valence-corrected chi connectivity index (χ3v) is 8.58. The van der Waals surface area contributed by atoms with Gasteiger partial charge in [0, 0.05) is 12.6 Å². The molecule has 0 unspecified atom stereocenters. The smallest absolute Gasteiger partial charge is 0.264 e. The number of anilines is 1. The quantitative estimate of drug-likeness (QED) is 0.317. The first kappa shape index (κ1) is 30.7. The van der Waals surface area contributed by atoms with Crippen molar-refractivity contribution in [1.82, 2.24) is 10.2 Å². The summed E-state index contributed by atoms with van der Waals surface area (Å²) in [5.41, 5.74) is 2.18. The van der Waals surface area contributed by atoms with E-state index in [2.05, 4.69) is 5.32 Å². The monoisotopic (exact) mass is 565 g/mol. The minimum absolute atomic E-state index is 0.0606. The number of nitrogens with one attached hydrogen (secondary N) is 1. The van der Waals surface area contributed by atoms with Crippen LogP contribution in [-0.2, 0) is 26.2 Å². The molecule has 0 bridgehead atoms. The van der Waals surface area contributed by atoms with Gasteiger partial charge in [-0.2, -0.15) is 0 Å². The van der Waals surface area contributed by atoms with Gasteiger partial charge in [0.25, 0.3) is 10.0 Å². The zero-order chi connectivity index (χ0) is 29.3. The first-order valence-electron chi connectivity index (χ1n) is 13.5. The van der Waals surface area contributed by atoms with E-state index in [0.29, 0.717) is 17.9 Å². The maximum Gasteiger partial charge on any atom is 0.264 e.